The number of anilines is 1. The first-order valence-corrected chi connectivity index (χ1v) is 12.4. The fourth-order valence-electron chi connectivity index (χ4n) is 3.32. The molecule has 2 aromatic carbocycles. The van der Waals surface area contributed by atoms with Gasteiger partial charge >= 0.3 is 0 Å². The van der Waals surface area contributed by atoms with E-state index < -0.39 is 0 Å². The van der Waals surface area contributed by atoms with Gasteiger partial charge in [0.1, 0.15) is 11.5 Å². The number of carbonyl (C=O) groups excluding carboxylic acids is 1. The Hall–Kier alpha value is -2.52. The molecule has 0 aliphatic heterocycles. The molecule has 1 heterocycles. The van der Waals surface area contributed by atoms with E-state index in [1.807, 2.05) is 61.7 Å². The van der Waals surface area contributed by atoms with Crippen LogP contribution in [0.1, 0.15) is 49.9 Å². The van der Waals surface area contributed by atoms with Crippen LogP contribution in [0.3, 0.4) is 0 Å². The third-order valence-electron chi connectivity index (χ3n) is 5.25. The largest absolute Gasteiger partial charge is 0.497 e. The number of thioether (sulfide) groups is 1. The van der Waals surface area contributed by atoms with Gasteiger partial charge in [-0.25, -0.2) is 0 Å². The van der Waals surface area contributed by atoms with Crippen LogP contribution in [0, 0.1) is 13.8 Å². The van der Waals surface area contributed by atoms with Gasteiger partial charge < -0.3 is 19.4 Å². The van der Waals surface area contributed by atoms with Crippen LogP contribution in [-0.4, -0.2) is 33.5 Å². The number of hydrogen-bond donors (Lipinski definition) is 1. The minimum absolute atomic E-state index is 0.0923. The predicted octanol–water partition coefficient (Wildman–Crippen LogP) is 6.12. The van der Waals surface area contributed by atoms with Gasteiger partial charge in [-0.1, -0.05) is 33.8 Å². The number of halogens is 1. The Bertz CT molecular complexity index is 1130. The average molecular weight is 533 g/mol. The van der Waals surface area contributed by atoms with E-state index >= 15 is 0 Å². The molecule has 0 saturated heterocycles. The normalized spacial score (nSPS) is 12.0. The topological polar surface area (TPSA) is 78.3 Å². The number of rotatable bonds is 9. The minimum Gasteiger partial charge on any atom is -0.497 e. The van der Waals surface area contributed by atoms with Crippen molar-refractivity contribution in [1.29, 1.82) is 0 Å². The molecular formula is C24H29BrN4O3S. The SMILES string of the molecule is COc1cccc(OC(C)c2nnc(SCC(=O)Nc3ccc(Br)c(C)c3C)n2C(C)C)c1. The first-order chi connectivity index (χ1) is 15.7. The van der Waals surface area contributed by atoms with Crippen molar-refractivity contribution in [3.63, 3.8) is 0 Å². The first-order valence-electron chi connectivity index (χ1n) is 10.6. The summed E-state index contributed by atoms with van der Waals surface area (Å²) in [4.78, 5) is 12.6. The number of hydrogen-bond acceptors (Lipinski definition) is 6. The van der Waals surface area contributed by atoms with Gasteiger partial charge in [-0.05, 0) is 70.0 Å². The van der Waals surface area contributed by atoms with Crippen LogP contribution in [-0.2, 0) is 4.79 Å². The summed E-state index contributed by atoms with van der Waals surface area (Å²) in [6, 6.07) is 11.4. The third-order valence-corrected chi connectivity index (χ3v) is 7.05. The molecule has 0 spiro atoms. The lowest BCUT2D eigenvalue weighted by atomic mass is 10.1. The Balaban J connectivity index is 1.70. The van der Waals surface area contributed by atoms with Gasteiger partial charge in [0.05, 0.1) is 12.9 Å². The van der Waals surface area contributed by atoms with Gasteiger partial charge in [0.25, 0.3) is 0 Å². The molecule has 33 heavy (non-hydrogen) atoms. The summed E-state index contributed by atoms with van der Waals surface area (Å²) < 4.78 is 14.4. The maximum Gasteiger partial charge on any atom is 0.234 e. The Labute approximate surface area is 207 Å². The molecule has 7 nitrogen and oxygen atoms in total. The van der Waals surface area contributed by atoms with E-state index in [0.29, 0.717) is 16.7 Å². The summed E-state index contributed by atoms with van der Waals surface area (Å²) in [6.07, 6.45) is -0.330. The number of methoxy groups -OCH3 is 1. The molecule has 3 aromatic rings. The first kappa shape index (κ1) is 25.1. The molecular weight excluding hydrogens is 504 g/mol. The molecule has 9 heteroatoms. The maximum absolute atomic E-state index is 12.6. The molecule has 0 bridgehead atoms. The molecule has 3 rings (SSSR count). The highest BCUT2D eigenvalue weighted by Gasteiger charge is 2.22. The molecule has 1 N–H and O–H groups in total. The highest BCUT2D eigenvalue weighted by Crippen LogP contribution is 2.30. The fraction of sp³-hybridized carbons (Fsp3) is 0.375. The zero-order chi connectivity index (χ0) is 24.1. The summed E-state index contributed by atoms with van der Waals surface area (Å²) in [7, 11) is 1.62. The van der Waals surface area contributed by atoms with E-state index in [4.69, 9.17) is 9.47 Å². The van der Waals surface area contributed by atoms with Crippen LogP contribution >= 0.6 is 27.7 Å². The molecule has 1 unspecified atom stereocenters. The summed E-state index contributed by atoms with van der Waals surface area (Å²) in [5, 5.41) is 12.4. The second kappa shape index (κ2) is 11.1. The number of ether oxygens (including phenoxy) is 2. The van der Waals surface area contributed by atoms with Crippen molar-refractivity contribution in [1.82, 2.24) is 14.8 Å². The van der Waals surface area contributed by atoms with Crippen LogP contribution in [0.25, 0.3) is 0 Å². The number of amides is 1. The summed E-state index contributed by atoms with van der Waals surface area (Å²) in [6.45, 7) is 10.1. The molecule has 1 atom stereocenters. The van der Waals surface area contributed by atoms with Gasteiger partial charge in [-0.2, -0.15) is 0 Å². The van der Waals surface area contributed by atoms with Gasteiger partial charge in [0.2, 0.25) is 5.91 Å². The summed E-state index contributed by atoms with van der Waals surface area (Å²) in [5.74, 6) is 2.25. The number of nitrogens with zero attached hydrogens (tertiary/aromatic N) is 3. The predicted molar refractivity (Wildman–Crippen MR) is 135 cm³/mol. The summed E-state index contributed by atoms with van der Waals surface area (Å²) in [5.41, 5.74) is 2.96. The Morgan fingerprint density at radius 2 is 1.85 bits per heavy atom. The van der Waals surface area contributed by atoms with E-state index in [9.17, 15) is 4.79 Å². The van der Waals surface area contributed by atoms with Crippen molar-refractivity contribution in [2.75, 3.05) is 18.2 Å². The van der Waals surface area contributed by atoms with Crippen molar-refractivity contribution < 1.29 is 14.3 Å². The Morgan fingerprint density at radius 1 is 1.12 bits per heavy atom. The van der Waals surface area contributed by atoms with E-state index in [0.717, 1.165) is 27.0 Å². The molecule has 0 aliphatic rings. The molecule has 0 fully saturated rings. The fourth-order valence-corrected chi connectivity index (χ4v) is 4.62. The van der Waals surface area contributed by atoms with Crippen LogP contribution in [0.2, 0.25) is 0 Å². The van der Waals surface area contributed by atoms with Gasteiger partial charge in [0.15, 0.2) is 17.1 Å². The van der Waals surface area contributed by atoms with Gasteiger partial charge in [-0.3, -0.25) is 4.79 Å². The lowest BCUT2D eigenvalue weighted by Crippen LogP contribution is -2.17. The quantitative estimate of drug-likeness (QED) is 0.334. The highest BCUT2D eigenvalue weighted by molar-refractivity contribution is 9.10. The van der Waals surface area contributed by atoms with Crippen molar-refractivity contribution in [2.24, 2.45) is 0 Å². The molecule has 0 aliphatic carbocycles. The highest BCUT2D eigenvalue weighted by atomic mass is 79.9. The molecule has 176 valence electrons. The number of benzene rings is 2. The van der Waals surface area contributed by atoms with Crippen LogP contribution in [0.15, 0.2) is 46.0 Å². The van der Waals surface area contributed by atoms with E-state index in [1.54, 1.807) is 7.11 Å². The lowest BCUT2D eigenvalue weighted by Gasteiger charge is -2.19. The standard InChI is InChI=1S/C24H29BrN4O3S/c1-14(2)29-23(17(5)32-19-9-7-8-18(12-19)31-6)27-28-24(29)33-13-22(30)26-21-11-10-20(25)15(3)16(21)4/h7-12,14,17H,13H2,1-6H3,(H,26,30). The van der Waals surface area contributed by atoms with E-state index in [1.165, 1.54) is 11.8 Å². The second-order valence-electron chi connectivity index (χ2n) is 7.93. The average Bonchev–Trinajstić information content (AvgIpc) is 3.23. The second-order valence-corrected chi connectivity index (χ2v) is 9.72. The van der Waals surface area contributed by atoms with Gasteiger partial charge in [0, 0.05) is 22.3 Å². The monoisotopic (exact) mass is 532 g/mol. The number of carbonyl (C=O) groups is 1. The minimum atomic E-state index is -0.330. The van der Waals surface area contributed by atoms with E-state index in [-0.39, 0.29) is 23.8 Å². The Morgan fingerprint density at radius 3 is 2.55 bits per heavy atom. The summed E-state index contributed by atoms with van der Waals surface area (Å²) >= 11 is 4.88. The number of aromatic nitrogens is 3. The molecule has 0 saturated carbocycles. The Kier molecular flexibility index (Phi) is 8.42. The van der Waals surface area contributed by atoms with E-state index in [2.05, 4.69) is 45.3 Å². The maximum atomic E-state index is 12.6. The van der Waals surface area contributed by atoms with Crippen LogP contribution in [0.5, 0.6) is 11.5 Å². The van der Waals surface area contributed by atoms with Crippen molar-refractivity contribution in [2.45, 2.75) is 51.9 Å². The molecule has 1 aromatic heterocycles. The zero-order valence-corrected chi connectivity index (χ0v) is 22.1. The van der Waals surface area contributed by atoms with Crippen LogP contribution in [0.4, 0.5) is 5.69 Å². The van der Waals surface area contributed by atoms with Gasteiger partial charge in [-0.15, -0.1) is 10.2 Å². The molecule has 0 radical (unpaired) electrons. The van der Waals surface area contributed by atoms with Crippen molar-refractivity contribution in [3.8, 4) is 11.5 Å². The smallest absolute Gasteiger partial charge is 0.234 e. The lowest BCUT2D eigenvalue weighted by molar-refractivity contribution is -0.113. The van der Waals surface area contributed by atoms with Crippen molar-refractivity contribution >= 4 is 39.3 Å². The molecule has 1 amide bonds. The third kappa shape index (κ3) is 6.09. The van der Waals surface area contributed by atoms with Crippen LogP contribution < -0.4 is 14.8 Å². The zero-order valence-electron chi connectivity index (χ0n) is 19.7. The number of nitrogens with one attached hydrogen (secondary N) is 1. The van der Waals surface area contributed by atoms with Crippen molar-refractivity contribution in [3.05, 3.63) is 57.8 Å².